The minimum absolute atomic E-state index is 0.922. The van der Waals surface area contributed by atoms with Crippen molar-refractivity contribution in [3.05, 3.63) is 29.3 Å². The maximum absolute atomic E-state index is 3.54. The third-order valence-corrected chi connectivity index (χ3v) is 4.20. The number of benzene rings is 1. The molecule has 0 radical (unpaired) electrons. The Labute approximate surface area is 104 Å². The third kappa shape index (κ3) is 2.32. The van der Waals surface area contributed by atoms with Gasteiger partial charge in [0, 0.05) is 18.8 Å². The lowest BCUT2D eigenvalue weighted by Gasteiger charge is -2.30. The topological polar surface area (TPSA) is 15.3 Å². The van der Waals surface area contributed by atoms with Gasteiger partial charge in [0.05, 0.1) is 0 Å². The lowest BCUT2D eigenvalue weighted by molar-refractivity contribution is 0.185. The fraction of sp³-hybridized carbons (Fsp3) is 0.600. The van der Waals surface area contributed by atoms with Gasteiger partial charge in [-0.25, -0.2) is 0 Å². The predicted octanol–water partition coefficient (Wildman–Crippen LogP) is 2.89. The van der Waals surface area contributed by atoms with E-state index in [0.717, 1.165) is 19.0 Å². The van der Waals surface area contributed by atoms with E-state index in [1.807, 2.05) is 0 Å². The molecule has 2 heteroatoms. The molecule has 3 rings (SSSR count). The first kappa shape index (κ1) is 11.1. The first-order valence-electron chi connectivity index (χ1n) is 6.90. The second-order valence-corrected chi connectivity index (χ2v) is 5.59. The number of hydrogen-bond donors (Lipinski definition) is 1. The molecule has 2 nitrogen and oxygen atoms in total. The number of nitrogens with zero attached hydrogens (tertiary/aromatic N) is 1. The molecule has 0 aliphatic carbocycles. The van der Waals surface area contributed by atoms with Crippen molar-refractivity contribution in [2.45, 2.75) is 32.7 Å². The van der Waals surface area contributed by atoms with E-state index in [0.29, 0.717) is 0 Å². The SMILES string of the molecule is CC1CCN(Cc2cccc3c2NCC3)CC1. The molecule has 0 spiro atoms. The van der Waals surface area contributed by atoms with Crippen LogP contribution < -0.4 is 5.32 Å². The number of fused-ring (bicyclic) bond motifs is 1. The van der Waals surface area contributed by atoms with Crippen LogP contribution in [0.3, 0.4) is 0 Å². The molecular weight excluding hydrogens is 208 g/mol. The lowest BCUT2D eigenvalue weighted by atomic mass is 9.98. The second-order valence-electron chi connectivity index (χ2n) is 5.59. The molecule has 17 heavy (non-hydrogen) atoms. The van der Waals surface area contributed by atoms with Gasteiger partial charge in [-0.3, -0.25) is 4.90 Å². The van der Waals surface area contributed by atoms with Crippen LogP contribution in [0.5, 0.6) is 0 Å². The zero-order valence-electron chi connectivity index (χ0n) is 10.7. The van der Waals surface area contributed by atoms with Gasteiger partial charge in [0.25, 0.3) is 0 Å². The molecule has 0 atom stereocenters. The molecular formula is C15H22N2. The Balaban J connectivity index is 1.71. The second kappa shape index (κ2) is 4.69. The van der Waals surface area contributed by atoms with E-state index >= 15 is 0 Å². The monoisotopic (exact) mass is 230 g/mol. The van der Waals surface area contributed by atoms with E-state index < -0.39 is 0 Å². The highest BCUT2D eigenvalue weighted by molar-refractivity contribution is 5.61. The molecule has 0 saturated carbocycles. The van der Waals surface area contributed by atoms with Crippen LogP contribution in [0.15, 0.2) is 18.2 Å². The first-order chi connectivity index (χ1) is 8.33. The van der Waals surface area contributed by atoms with Crippen molar-refractivity contribution < 1.29 is 0 Å². The number of hydrogen-bond acceptors (Lipinski definition) is 2. The number of para-hydroxylation sites is 1. The molecule has 2 heterocycles. The summed E-state index contributed by atoms with van der Waals surface area (Å²) in [5.41, 5.74) is 4.42. The maximum Gasteiger partial charge on any atom is 0.0419 e. The predicted molar refractivity (Wildman–Crippen MR) is 72.3 cm³/mol. The van der Waals surface area contributed by atoms with Crippen LogP contribution in [-0.4, -0.2) is 24.5 Å². The summed E-state index contributed by atoms with van der Waals surface area (Å²) in [6, 6.07) is 6.76. The highest BCUT2D eigenvalue weighted by atomic mass is 15.1. The van der Waals surface area contributed by atoms with Gasteiger partial charge < -0.3 is 5.32 Å². The van der Waals surface area contributed by atoms with Gasteiger partial charge in [0.1, 0.15) is 0 Å². The largest absolute Gasteiger partial charge is 0.384 e. The van der Waals surface area contributed by atoms with E-state index in [1.165, 1.54) is 49.2 Å². The quantitative estimate of drug-likeness (QED) is 0.840. The third-order valence-electron chi connectivity index (χ3n) is 4.20. The van der Waals surface area contributed by atoms with E-state index in [4.69, 9.17) is 0 Å². The highest BCUT2D eigenvalue weighted by Crippen LogP contribution is 2.28. The van der Waals surface area contributed by atoms with E-state index in [1.54, 1.807) is 0 Å². The lowest BCUT2D eigenvalue weighted by Crippen LogP contribution is -2.32. The Morgan fingerprint density at radius 3 is 2.94 bits per heavy atom. The fourth-order valence-corrected chi connectivity index (χ4v) is 3.00. The zero-order valence-corrected chi connectivity index (χ0v) is 10.7. The molecule has 1 saturated heterocycles. The first-order valence-corrected chi connectivity index (χ1v) is 6.90. The summed E-state index contributed by atoms with van der Waals surface area (Å²) in [5, 5.41) is 3.54. The highest BCUT2D eigenvalue weighted by Gasteiger charge is 2.19. The van der Waals surface area contributed by atoms with Crippen molar-refractivity contribution in [3.63, 3.8) is 0 Å². The van der Waals surface area contributed by atoms with Crippen LogP contribution in [0, 0.1) is 5.92 Å². The molecule has 0 amide bonds. The van der Waals surface area contributed by atoms with Crippen LogP contribution >= 0.6 is 0 Å². The number of rotatable bonds is 2. The Morgan fingerprint density at radius 1 is 1.29 bits per heavy atom. The molecule has 2 aliphatic heterocycles. The number of anilines is 1. The summed E-state index contributed by atoms with van der Waals surface area (Å²) in [5.74, 6) is 0.922. The van der Waals surface area contributed by atoms with Gasteiger partial charge in [0.2, 0.25) is 0 Å². The summed E-state index contributed by atoms with van der Waals surface area (Å²) in [7, 11) is 0. The maximum atomic E-state index is 3.54. The van der Waals surface area contributed by atoms with Crippen molar-refractivity contribution in [1.29, 1.82) is 0 Å². The van der Waals surface area contributed by atoms with Gasteiger partial charge in [-0.15, -0.1) is 0 Å². The van der Waals surface area contributed by atoms with Gasteiger partial charge >= 0.3 is 0 Å². The number of likely N-dealkylation sites (tertiary alicyclic amines) is 1. The fourth-order valence-electron chi connectivity index (χ4n) is 3.00. The molecule has 92 valence electrons. The molecule has 0 aromatic heterocycles. The van der Waals surface area contributed by atoms with Crippen LogP contribution in [0.1, 0.15) is 30.9 Å². The molecule has 1 aromatic rings. The Morgan fingerprint density at radius 2 is 2.12 bits per heavy atom. The van der Waals surface area contributed by atoms with Gasteiger partial charge in [-0.2, -0.15) is 0 Å². The standard InChI is InChI=1S/C15H22N2/c1-12-6-9-17(10-7-12)11-14-4-2-3-13-5-8-16-15(13)14/h2-4,12,16H,5-11H2,1H3. The van der Waals surface area contributed by atoms with Gasteiger partial charge in [-0.05, 0) is 49.4 Å². The van der Waals surface area contributed by atoms with Gasteiger partial charge in [0.15, 0.2) is 0 Å². The summed E-state index contributed by atoms with van der Waals surface area (Å²) < 4.78 is 0. The van der Waals surface area contributed by atoms with Crippen LogP contribution in [0.25, 0.3) is 0 Å². The Bertz CT molecular complexity index is 392. The zero-order chi connectivity index (χ0) is 11.7. The molecule has 2 aliphatic rings. The minimum Gasteiger partial charge on any atom is -0.384 e. The molecule has 1 aromatic carbocycles. The van der Waals surface area contributed by atoms with Crippen molar-refractivity contribution >= 4 is 5.69 Å². The molecule has 0 bridgehead atoms. The normalized spacial score (nSPS) is 21.2. The van der Waals surface area contributed by atoms with Crippen LogP contribution in [0.4, 0.5) is 5.69 Å². The van der Waals surface area contributed by atoms with Crippen molar-refractivity contribution in [2.75, 3.05) is 25.0 Å². The summed E-state index contributed by atoms with van der Waals surface area (Å²) in [4.78, 5) is 2.61. The van der Waals surface area contributed by atoms with E-state index in [-0.39, 0.29) is 0 Å². The average molecular weight is 230 g/mol. The molecule has 1 N–H and O–H groups in total. The van der Waals surface area contributed by atoms with Crippen LogP contribution in [-0.2, 0) is 13.0 Å². The van der Waals surface area contributed by atoms with Crippen molar-refractivity contribution in [1.82, 2.24) is 4.90 Å². The van der Waals surface area contributed by atoms with Crippen LogP contribution in [0.2, 0.25) is 0 Å². The minimum atomic E-state index is 0.922. The number of nitrogens with one attached hydrogen (secondary N) is 1. The summed E-state index contributed by atoms with van der Waals surface area (Å²) in [6.07, 6.45) is 3.92. The summed E-state index contributed by atoms with van der Waals surface area (Å²) >= 11 is 0. The summed E-state index contributed by atoms with van der Waals surface area (Å²) in [6.45, 7) is 7.15. The molecule has 1 fully saturated rings. The van der Waals surface area contributed by atoms with Crippen molar-refractivity contribution in [3.8, 4) is 0 Å². The van der Waals surface area contributed by atoms with Gasteiger partial charge in [-0.1, -0.05) is 25.1 Å². The Hall–Kier alpha value is -1.02. The van der Waals surface area contributed by atoms with Crippen molar-refractivity contribution in [2.24, 2.45) is 5.92 Å². The smallest absolute Gasteiger partial charge is 0.0419 e. The average Bonchev–Trinajstić information content (AvgIpc) is 2.81. The number of piperidine rings is 1. The van der Waals surface area contributed by atoms with E-state index in [2.05, 4.69) is 35.3 Å². The molecule has 0 unspecified atom stereocenters. The van der Waals surface area contributed by atoms with E-state index in [9.17, 15) is 0 Å². The Kier molecular flexibility index (Phi) is 3.06.